The van der Waals surface area contributed by atoms with Crippen LogP contribution >= 0.6 is 0 Å². The molecule has 5 aromatic carbocycles. The van der Waals surface area contributed by atoms with Crippen LogP contribution in [0.5, 0.6) is 0 Å². The molecule has 0 bridgehead atoms. The monoisotopic (exact) mass is 525 g/mol. The second-order valence-electron chi connectivity index (χ2n) is 10.6. The average molecular weight is 526 g/mol. The lowest BCUT2D eigenvalue weighted by Gasteiger charge is -2.25. The normalized spacial score (nSPS) is 11.5. The van der Waals surface area contributed by atoms with Crippen molar-refractivity contribution in [2.45, 2.75) is 0 Å². The smallest absolute Gasteiger partial charge is 0.0561 e. The van der Waals surface area contributed by atoms with E-state index in [0.29, 0.717) is 0 Å². The van der Waals surface area contributed by atoms with Gasteiger partial charge in [-0.1, -0.05) is 91.0 Å². The molecule has 0 atom stereocenters. The molecule has 41 heavy (non-hydrogen) atoms. The molecule has 0 amide bonds. The van der Waals surface area contributed by atoms with Gasteiger partial charge in [-0.05, 0) is 59.0 Å². The minimum absolute atomic E-state index is 1.11. The topological polar surface area (TPSA) is 20.5 Å². The summed E-state index contributed by atoms with van der Waals surface area (Å²) in [5, 5.41) is 5.02. The van der Waals surface area contributed by atoms with E-state index >= 15 is 0 Å². The highest BCUT2D eigenvalue weighted by atomic mass is 15.1. The van der Waals surface area contributed by atoms with Gasteiger partial charge in [0.1, 0.15) is 0 Å². The number of pyridine rings is 2. The van der Waals surface area contributed by atoms with E-state index in [2.05, 4.69) is 149 Å². The summed E-state index contributed by atoms with van der Waals surface area (Å²) < 4.78 is 2.44. The van der Waals surface area contributed by atoms with Crippen molar-refractivity contribution in [2.24, 2.45) is 0 Å². The predicted molar refractivity (Wildman–Crippen MR) is 173 cm³/mol. The summed E-state index contributed by atoms with van der Waals surface area (Å²) in [6.07, 6.45) is 3.74. The fourth-order valence-electron chi connectivity index (χ4n) is 6.23. The lowest BCUT2D eigenvalue weighted by molar-refractivity contribution is 1.21. The van der Waals surface area contributed by atoms with Gasteiger partial charge in [0.05, 0.1) is 22.2 Å². The standard InChI is InChI=1S/C38H27N3/c1-40(30-16-9-14-27(21-30)29-15-10-20-39-25-29)36-24-38-34(23-33(36)26-11-3-2-4-12-26)31-17-6-7-18-32(31)37-22-28-13-5-8-19-35(28)41(37)38/h2-25H,1H3. The lowest BCUT2D eigenvalue weighted by atomic mass is 9.96. The molecule has 8 aromatic rings. The van der Waals surface area contributed by atoms with Crippen molar-refractivity contribution in [2.75, 3.05) is 11.9 Å². The van der Waals surface area contributed by atoms with E-state index < -0.39 is 0 Å². The van der Waals surface area contributed by atoms with Gasteiger partial charge in [-0.3, -0.25) is 4.98 Å². The van der Waals surface area contributed by atoms with Crippen molar-refractivity contribution < 1.29 is 0 Å². The lowest BCUT2D eigenvalue weighted by Crippen LogP contribution is -2.11. The molecule has 0 N–H and O–H groups in total. The van der Waals surface area contributed by atoms with Crippen LogP contribution in [0.4, 0.5) is 11.4 Å². The Labute approximate surface area is 238 Å². The highest BCUT2D eigenvalue weighted by Crippen LogP contribution is 2.42. The summed E-state index contributed by atoms with van der Waals surface area (Å²) in [5.41, 5.74) is 10.6. The predicted octanol–water partition coefficient (Wildman–Crippen LogP) is 9.90. The fourth-order valence-corrected chi connectivity index (χ4v) is 6.23. The summed E-state index contributed by atoms with van der Waals surface area (Å²) in [4.78, 5) is 6.65. The Morgan fingerprint density at radius 3 is 2.12 bits per heavy atom. The molecule has 194 valence electrons. The quantitative estimate of drug-likeness (QED) is 0.213. The van der Waals surface area contributed by atoms with Gasteiger partial charge in [-0.25, -0.2) is 0 Å². The summed E-state index contributed by atoms with van der Waals surface area (Å²) in [5.74, 6) is 0. The van der Waals surface area contributed by atoms with Crippen molar-refractivity contribution in [1.82, 2.24) is 9.38 Å². The van der Waals surface area contributed by atoms with Crippen LogP contribution in [0.1, 0.15) is 0 Å². The first-order chi connectivity index (χ1) is 20.3. The van der Waals surface area contributed by atoms with Gasteiger partial charge in [0, 0.05) is 52.4 Å². The Morgan fingerprint density at radius 2 is 1.27 bits per heavy atom. The van der Waals surface area contributed by atoms with E-state index in [4.69, 9.17) is 0 Å². The number of benzene rings is 5. The van der Waals surface area contributed by atoms with Crippen molar-refractivity contribution in [1.29, 1.82) is 0 Å². The highest BCUT2D eigenvalue weighted by molar-refractivity contribution is 6.17. The van der Waals surface area contributed by atoms with Gasteiger partial charge >= 0.3 is 0 Å². The maximum absolute atomic E-state index is 4.34. The third-order valence-electron chi connectivity index (χ3n) is 8.23. The van der Waals surface area contributed by atoms with Gasteiger partial charge in [0.25, 0.3) is 0 Å². The molecular formula is C38H27N3. The van der Waals surface area contributed by atoms with Crippen LogP contribution in [0.2, 0.25) is 0 Å². The first-order valence-corrected chi connectivity index (χ1v) is 13.9. The number of hydrogen-bond acceptors (Lipinski definition) is 2. The van der Waals surface area contributed by atoms with E-state index in [1.54, 1.807) is 0 Å². The molecule has 0 spiro atoms. The molecule has 0 saturated heterocycles. The van der Waals surface area contributed by atoms with Crippen LogP contribution in [-0.2, 0) is 0 Å². The molecule has 0 radical (unpaired) electrons. The zero-order chi connectivity index (χ0) is 27.3. The van der Waals surface area contributed by atoms with E-state index in [0.717, 1.165) is 22.5 Å². The second-order valence-corrected chi connectivity index (χ2v) is 10.6. The molecule has 3 nitrogen and oxygen atoms in total. The fraction of sp³-hybridized carbons (Fsp3) is 0.0263. The van der Waals surface area contributed by atoms with Gasteiger partial charge in [-0.2, -0.15) is 0 Å². The van der Waals surface area contributed by atoms with E-state index in [1.165, 1.54) is 49.2 Å². The summed E-state index contributed by atoms with van der Waals surface area (Å²) in [6.45, 7) is 0. The highest BCUT2D eigenvalue weighted by Gasteiger charge is 2.18. The van der Waals surface area contributed by atoms with Crippen LogP contribution in [0.15, 0.2) is 146 Å². The molecule has 0 unspecified atom stereocenters. The molecular weight excluding hydrogens is 498 g/mol. The van der Waals surface area contributed by atoms with E-state index in [1.807, 2.05) is 18.5 Å². The number of anilines is 2. The zero-order valence-corrected chi connectivity index (χ0v) is 22.7. The van der Waals surface area contributed by atoms with Crippen molar-refractivity contribution in [3.05, 3.63) is 146 Å². The SMILES string of the molecule is CN(c1cccc(-c2cccnc2)c1)c1cc2c(cc1-c1ccccc1)c1ccccc1c1cc3ccccc3n21. The van der Waals surface area contributed by atoms with Crippen LogP contribution in [0.25, 0.3) is 60.3 Å². The molecule has 0 aliphatic heterocycles. The molecule has 3 heterocycles. The Hall–Kier alpha value is -5.41. The zero-order valence-electron chi connectivity index (χ0n) is 22.7. The third-order valence-corrected chi connectivity index (χ3v) is 8.23. The van der Waals surface area contributed by atoms with Crippen LogP contribution in [0, 0.1) is 0 Å². The second kappa shape index (κ2) is 9.35. The Kier molecular flexibility index (Phi) is 5.36. The van der Waals surface area contributed by atoms with Crippen molar-refractivity contribution in [3.63, 3.8) is 0 Å². The number of rotatable bonds is 4. The first-order valence-electron chi connectivity index (χ1n) is 13.9. The number of nitrogens with zero attached hydrogens (tertiary/aromatic N) is 3. The van der Waals surface area contributed by atoms with Gasteiger partial charge in [0.15, 0.2) is 0 Å². The molecule has 0 saturated carbocycles. The molecule has 8 rings (SSSR count). The Balaban J connectivity index is 1.46. The molecule has 0 aliphatic rings. The Bertz CT molecular complexity index is 2210. The van der Waals surface area contributed by atoms with Gasteiger partial charge in [-0.15, -0.1) is 0 Å². The Morgan fingerprint density at radius 1 is 0.537 bits per heavy atom. The summed E-state index contributed by atoms with van der Waals surface area (Å²) >= 11 is 0. The number of aromatic nitrogens is 2. The minimum Gasteiger partial charge on any atom is -0.344 e. The maximum atomic E-state index is 4.34. The largest absolute Gasteiger partial charge is 0.344 e. The first kappa shape index (κ1) is 23.5. The summed E-state index contributed by atoms with van der Waals surface area (Å²) in [7, 11) is 2.17. The van der Waals surface area contributed by atoms with Gasteiger partial charge in [0.2, 0.25) is 0 Å². The number of fused-ring (bicyclic) bond motifs is 8. The van der Waals surface area contributed by atoms with Crippen LogP contribution < -0.4 is 4.90 Å². The van der Waals surface area contributed by atoms with Crippen LogP contribution in [0.3, 0.4) is 0 Å². The molecule has 0 aliphatic carbocycles. The average Bonchev–Trinajstić information content (AvgIpc) is 3.45. The van der Waals surface area contributed by atoms with Gasteiger partial charge < -0.3 is 9.30 Å². The van der Waals surface area contributed by atoms with E-state index in [9.17, 15) is 0 Å². The molecule has 3 aromatic heterocycles. The molecule has 0 fully saturated rings. The van der Waals surface area contributed by atoms with E-state index in [-0.39, 0.29) is 0 Å². The minimum atomic E-state index is 1.11. The van der Waals surface area contributed by atoms with Crippen LogP contribution in [-0.4, -0.2) is 16.4 Å². The summed E-state index contributed by atoms with van der Waals surface area (Å²) in [6, 6.07) is 48.1. The number of hydrogen-bond donors (Lipinski definition) is 0. The maximum Gasteiger partial charge on any atom is 0.0561 e. The number of para-hydroxylation sites is 1. The third kappa shape index (κ3) is 3.78. The van der Waals surface area contributed by atoms with Crippen molar-refractivity contribution >= 4 is 49.5 Å². The van der Waals surface area contributed by atoms with Crippen molar-refractivity contribution in [3.8, 4) is 22.3 Å². The molecule has 3 heteroatoms.